The Kier molecular flexibility index (Phi) is 3.55. The highest BCUT2D eigenvalue weighted by atomic mass is 32.1. The number of benzene rings is 2. The molecule has 2 aromatic carbocycles. The van der Waals surface area contributed by atoms with Crippen molar-refractivity contribution in [2.75, 3.05) is 5.73 Å². The number of nitrogens with two attached hydrogens (primary N) is 1. The summed E-state index contributed by atoms with van der Waals surface area (Å²) in [6, 6.07) is 6.83. The van der Waals surface area contributed by atoms with Crippen molar-refractivity contribution in [3.05, 3.63) is 61.8 Å². The van der Waals surface area contributed by atoms with Crippen LogP contribution in [0, 0.1) is 19.7 Å². The zero-order chi connectivity index (χ0) is 19.7. The predicted octanol–water partition coefficient (Wildman–Crippen LogP) is 4.24. The van der Waals surface area contributed by atoms with E-state index < -0.39 is 16.8 Å². The van der Waals surface area contributed by atoms with Crippen molar-refractivity contribution in [1.82, 2.24) is 8.94 Å². The van der Waals surface area contributed by atoms with Crippen molar-refractivity contribution in [3.8, 4) is 11.1 Å². The van der Waals surface area contributed by atoms with Gasteiger partial charge in [0.05, 0.1) is 5.52 Å². The highest BCUT2D eigenvalue weighted by molar-refractivity contribution is 7.12. The van der Waals surface area contributed by atoms with Gasteiger partial charge in [0.2, 0.25) is 5.43 Å². The lowest BCUT2D eigenvalue weighted by Gasteiger charge is -2.16. The number of nitrogens with zero attached hydrogens (tertiary/aromatic N) is 1. The number of halogens is 1. The molecule has 3 N–H and O–H groups in total. The van der Waals surface area contributed by atoms with Gasteiger partial charge in [0.1, 0.15) is 16.0 Å². The van der Waals surface area contributed by atoms with E-state index in [1.54, 1.807) is 12.1 Å². The topological polar surface area (TPSA) is 80.9 Å². The lowest BCUT2D eigenvalue weighted by molar-refractivity contribution is 0.632. The number of H-pyrrole nitrogens is 1. The molecule has 4 aromatic rings. The Morgan fingerprint density at radius 1 is 1.14 bits per heavy atom. The number of hydrogen-bond donors (Lipinski definition) is 2. The minimum absolute atomic E-state index is 0.121. The van der Waals surface area contributed by atoms with Crippen LogP contribution in [-0.2, 0) is 0 Å². The van der Waals surface area contributed by atoms with E-state index in [0.717, 1.165) is 29.5 Å². The smallest absolute Gasteiger partial charge is 0.271 e. The van der Waals surface area contributed by atoms with E-state index in [-0.39, 0.29) is 16.8 Å². The standard InChI is InChI=1S/C21H18FN3O2S/c1-9-10(2)16(23)6-5-12(9)13-8-17-14(7-15(13)22)19(26)18-20(27)24-28-21(18)25(17)11-3-4-11/h5-8,11H,3-4,23H2,1-2H3,(H,24,27). The fraction of sp³-hybridized carbons (Fsp3) is 0.238. The molecule has 1 aliphatic carbocycles. The SMILES string of the molecule is Cc1c(N)ccc(-c2cc3c(cc2F)c(=O)c2c(=O)[nH]sc2n3C2CC2)c1C. The van der Waals surface area contributed by atoms with Gasteiger partial charge in [0.15, 0.2) is 0 Å². The summed E-state index contributed by atoms with van der Waals surface area (Å²) in [7, 11) is 0. The molecule has 7 heteroatoms. The second kappa shape index (κ2) is 5.78. The first-order valence-electron chi connectivity index (χ1n) is 9.13. The van der Waals surface area contributed by atoms with Crippen LogP contribution in [0.2, 0.25) is 0 Å². The molecule has 0 radical (unpaired) electrons. The van der Waals surface area contributed by atoms with Crippen molar-refractivity contribution in [2.24, 2.45) is 0 Å². The van der Waals surface area contributed by atoms with Crippen LogP contribution in [0.5, 0.6) is 0 Å². The Balaban J connectivity index is 1.93. The monoisotopic (exact) mass is 395 g/mol. The van der Waals surface area contributed by atoms with Crippen molar-refractivity contribution in [1.29, 1.82) is 0 Å². The fourth-order valence-corrected chi connectivity index (χ4v) is 4.81. The van der Waals surface area contributed by atoms with Gasteiger partial charge in [-0.1, -0.05) is 6.07 Å². The van der Waals surface area contributed by atoms with Crippen LogP contribution in [-0.4, -0.2) is 8.94 Å². The minimum atomic E-state index is -0.481. The average Bonchev–Trinajstić information content (AvgIpc) is 3.43. The predicted molar refractivity (Wildman–Crippen MR) is 112 cm³/mol. The Labute approximate surface area is 163 Å². The molecule has 0 unspecified atom stereocenters. The summed E-state index contributed by atoms with van der Waals surface area (Å²) in [6.07, 6.45) is 1.96. The molecule has 28 heavy (non-hydrogen) atoms. The van der Waals surface area contributed by atoms with Crippen molar-refractivity contribution >= 4 is 38.3 Å². The summed E-state index contributed by atoms with van der Waals surface area (Å²) < 4.78 is 19.8. The van der Waals surface area contributed by atoms with Gasteiger partial charge >= 0.3 is 0 Å². The summed E-state index contributed by atoms with van der Waals surface area (Å²) in [4.78, 5) is 25.7. The van der Waals surface area contributed by atoms with Crippen LogP contribution in [0.15, 0.2) is 33.9 Å². The van der Waals surface area contributed by atoms with Crippen LogP contribution < -0.4 is 16.7 Å². The van der Waals surface area contributed by atoms with Gasteiger partial charge in [-0.2, -0.15) is 0 Å². The lowest BCUT2D eigenvalue weighted by Crippen LogP contribution is -2.15. The van der Waals surface area contributed by atoms with E-state index in [9.17, 15) is 9.59 Å². The van der Waals surface area contributed by atoms with Gasteiger partial charge in [-0.3, -0.25) is 14.0 Å². The molecule has 1 fully saturated rings. The number of hydrogen-bond acceptors (Lipinski definition) is 4. The van der Waals surface area contributed by atoms with Crippen LogP contribution in [0.3, 0.4) is 0 Å². The Morgan fingerprint density at radius 3 is 2.61 bits per heavy atom. The number of aromatic amines is 1. The summed E-state index contributed by atoms with van der Waals surface area (Å²) in [5.74, 6) is -0.481. The summed E-state index contributed by atoms with van der Waals surface area (Å²) in [5, 5.41) is 0.366. The molecule has 0 atom stereocenters. The average molecular weight is 395 g/mol. The Hall–Kier alpha value is -2.93. The minimum Gasteiger partial charge on any atom is -0.399 e. The fourth-order valence-electron chi connectivity index (χ4n) is 3.89. The third-order valence-electron chi connectivity index (χ3n) is 5.75. The molecule has 0 saturated heterocycles. The number of nitrogens with one attached hydrogen (secondary N) is 1. The molecule has 0 aliphatic heterocycles. The summed E-state index contributed by atoms with van der Waals surface area (Å²) in [6.45, 7) is 3.83. The lowest BCUT2D eigenvalue weighted by atomic mass is 9.94. The summed E-state index contributed by atoms with van der Waals surface area (Å²) >= 11 is 1.17. The number of fused-ring (bicyclic) bond motifs is 2. The van der Waals surface area contributed by atoms with Crippen LogP contribution >= 0.6 is 11.5 Å². The van der Waals surface area contributed by atoms with E-state index in [1.165, 1.54) is 17.6 Å². The van der Waals surface area contributed by atoms with E-state index in [2.05, 4.69) is 4.37 Å². The van der Waals surface area contributed by atoms with Crippen LogP contribution in [0.1, 0.15) is 30.0 Å². The number of pyridine rings is 1. The first-order chi connectivity index (χ1) is 13.4. The third kappa shape index (κ3) is 2.29. The zero-order valence-corrected chi connectivity index (χ0v) is 16.2. The number of nitrogen functional groups attached to an aromatic ring is 1. The van der Waals surface area contributed by atoms with Gasteiger partial charge in [0, 0.05) is 22.7 Å². The third-order valence-corrected chi connectivity index (χ3v) is 6.63. The van der Waals surface area contributed by atoms with Crippen LogP contribution in [0.25, 0.3) is 32.2 Å². The molecular formula is C21H18FN3O2S. The largest absolute Gasteiger partial charge is 0.399 e. The van der Waals surface area contributed by atoms with Gasteiger partial charge < -0.3 is 10.3 Å². The maximum absolute atomic E-state index is 15.1. The maximum atomic E-state index is 15.1. The maximum Gasteiger partial charge on any atom is 0.271 e. The number of rotatable bonds is 2. The Morgan fingerprint density at radius 2 is 1.89 bits per heavy atom. The van der Waals surface area contributed by atoms with E-state index in [0.29, 0.717) is 21.6 Å². The van der Waals surface area contributed by atoms with Gasteiger partial charge in [-0.25, -0.2) is 4.39 Å². The molecule has 1 aliphatic rings. The van der Waals surface area contributed by atoms with Gasteiger partial charge in [-0.05, 0) is 73.1 Å². The van der Waals surface area contributed by atoms with E-state index >= 15 is 4.39 Å². The highest BCUT2D eigenvalue weighted by Gasteiger charge is 2.29. The second-order valence-electron chi connectivity index (χ2n) is 7.45. The zero-order valence-electron chi connectivity index (χ0n) is 15.4. The number of aromatic nitrogens is 2. The molecule has 5 rings (SSSR count). The molecule has 2 heterocycles. The Bertz CT molecular complexity index is 1410. The first kappa shape index (κ1) is 17.2. The van der Waals surface area contributed by atoms with E-state index in [4.69, 9.17) is 5.73 Å². The summed E-state index contributed by atoms with van der Waals surface area (Å²) in [5.41, 5.74) is 9.50. The number of anilines is 1. The van der Waals surface area contributed by atoms with Crippen LogP contribution in [0.4, 0.5) is 10.1 Å². The van der Waals surface area contributed by atoms with E-state index in [1.807, 2.05) is 24.5 Å². The quantitative estimate of drug-likeness (QED) is 0.498. The van der Waals surface area contributed by atoms with Gasteiger partial charge in [-0.15, -0.1) is 0 Å². The molecule has 5 nitrogen and oxygen atoms in total. The van der Waals surface area contributed by atoms with Crippen molar-refractivity contribution in [3.63, 3.8) is 0 Å². The molecule has 1 saturated carbocycles. The second-order valence-corrected chi connectivity index (χ2v) is 8.24. The molecular weight excluding hydrogens is 377 g/mol. The molecule has 0 amide bonds. The molecule has 0 bridgehead atoms. The molecule has 0 spiro atoms. The normalized spacial score (nSPS) is 14.2. The molecule has 142 valence electrons. The van der Waals surface area contributed by atoms with Crippen molar-refractivity contribution in [2.45, 2.75) is 32.7 Å². The molecule has 2 aromatic heterocycles. The van der Waals surface area contributed by atoms with Gasteiger partial charge in [0.25, 0.3) is 5.56 Å². The highest BCUT2D eigenvalue weighted by Crippen LogP contribution is 2.41. The van der Waals surface area contributed by atoms with Crippen molar-refractivity contribution < 1.29 is 4.39 Å². The first-order valence-corrected chi connectivity index (χ1v) is 9.95.